The quantitative estimate of drug-likeness (QED) is 0.797. The Hall–Kier alpha value is -1.27. The van der Waals surface area contributed by atoms with Crippen molar-refractivity contribution < 1.29 is 0 Å². The van der Waals surface area contributed by atoms with Crippen LogP contribution in [-0.2, 0) is 13.1 Å². The molecular weight excluding hydrogens is 234 g/mol. The average Bonchev–Trinajstić information content (AvgIpc) is 2.96. The highest BCUT2D eigenvalue weighted by Gasteiger charge is 2.09. The molecule has 5 nitrogen and oxygen atoms in total. The third kappa shape index (κ3) is 2.89. The minimum absolute atomic E-state index is 0.830. The fraction of sp³-hybridized carbons (Fsp3) is 0.545. The molecule has 2 heterocycles. The fourth-order valence-electron chi connectivity index (χ4n) is 1.55. The maximum atomic E-state index is 4.39. The molecule has 0 aliphatic heterocycles. The molecule has 2 rings (SSSR count). The minimum Gasteiger partial charge on any atom is -0.310 e. The van der Waals surface area contributed by atoms with E-state index in [0.29, 0.717) is 0 Å². The molecule has 0 unspecified atom stereocenters. The molecule has 0 amide bonds. The molecule has 0 fully saturated rings. The maximum Gasteiger partial charge on any atom is 0.169 e. The minimum atomic E-state index is 0.830. The summed E-state index contributed by atoms with van der Waals surface area (Å²) in [6, 6.07) is 0. The second kappa shape index (κ2) is 5.88. The van der Waals surface area contributed by atoms with Crippen molar-refractivity contribution in [2.45, 2.75) is 33.4 Å². The van der Waals surface area contributed by atoms with Gasteiger partial charge in [0.25, 0.3) is 0 Å². The Kier molecular flexibility index (Phi) is 4.22. The predicted octanol–water partition coefficient (Wildman–Crippen LogP) is 1.92. The van der Waals surface area contributed by atoms with Gasteiger partial charge in [-0.05, 0) is 19.9 Å². The monoisotopic (exact) mass is 251 g/mol. The van der Waals surface area contributed by atoms with Crippen LogP contribution in [0.2, 0.25) is 0 Å². The zero-order chi connectivity index (χ0) is 12.1. The van der Waals surface area contributed by atoms with Crippen LogP contribution in [-0.4, -0.2) is 26.3 Å². The second-order valence-electron chi connectivity index (χ2n) is 3.69. The highest BCUT2D eigenvalue weighted by molar-refractivity contribution is 7.15. The number of nitrogens with zero attached hydrogens (tertiary/aromatic N) is 4. The van der Waals surface area contributed by atoms with Gasteiger partial charge in [0.15, 0.2) is 5.82 Å². The van der Waals surface area contributed by atoms with E-state index in [2.05, 4.69) is 34.2 Å². The van der Waals surface area contributed by atoms with Gasteiger partial charge in [-0.2, -0.15) is 5.10 Å². The van der Waals surface area contributed by atoms with Gasteiger partial charge in [-0.15, -0.1) is 11.3 Å². The molecule has 0 saturated heterocycles. The summed E-state index contributed by atoms with van der Waals surface area (Å²) in [4.78, 5) is 9.74. The lowest BCUT2D eigenvalue weighted by atomic mass is 10.5. The first-order valence-corrected chi connectivity index (χ1v) is 6.70. The van der Waals surface area contributed by atoms with Crippen LogP contribution >= 0.6 is 11.3 Å². The highest BCUT2D eigenvalue weighted by atomic mass is 32.1. The molecule has 1 N–H and O–H groups in total. The molecule has 2 aromatic rings. The van der Waals surface area contributed by atoms with Crippen molar-refractivity contribution in [1.82, 2.24) is 25.1 Å². The standard InChI is InChI=1S/C11H17N5S/c1-3-5-12-7-10-13-6-9(17-10)11-14-8-15-16(11)4-2/h6,8,12H,3-5,7H2,1-2H3. The third-order valence-electron chi connectivity index (χ3n) is 2.39. The van der Waals surface area contributed by atoms with Gasteiger partial charge in [-0.3, -0.25) is 0 Å². The maximum absolute atomic E-state index is 4.39. The van der Waals surface area contributed by atoms with E-state index >= 15 is 0 Å². The van der Waals surface area contributed by atoms with Crippen LogP contribution in [0.1, 0.15) is 25.3 Å². The van der Waals surface area contributed by atoms with Gasteiger partial charge in [0.05, 0.1) is 4.88 Å². The third-order valence-corrected chi connectivity index (χ3v) is 3.39. The lowest BCUT2D eigenvalue weighted by Gasteiger charge is -1.99. The summed E-state index contributed by atoms with van der Waals surface area (Å²) in [5, 5.41) is 8.60. The summed E-state index contributed by atoms with van der Waals surface area (Å²) in [5.74, 6) is 0.909. The van der Waals surface area contributed by atoms with Crippen molar-refractivity contribution in [1.29, 1.82) is 0 Å². The van der Waals surface area contributed by atoms with Gasteiger partial charge in [0.2, 0.25) is 0 Å². The van der Waals surface area contributed by atoms with E-state index in [9.17, 15) is 0 Å². The van der Waals surface area contributed by atoms with Crippen LogP contribution < -0.4 is 5.32 Å². The van der Waals surface area contributed by atoms with Crippen molar-refractivity contribution in [3.63, 3.8) is 0 Å². The van der Waals surface area contributed by atoms with E-state index in [4.69, 9.17) is 0 Å². The number of nitrogens with one attached hydrogen (secondary N) is 1. The summed E-state index contributed by atoms with van der Waals surface area (Å²) in [5.41, 5.74) is 0. The zero-order valence-corrected chi connectivity index (χ0v) is 11.0. The van der Waals surface area contributed by atoms with Crippen LogP contribution in [0.15, 0.2) is 12.5 Å². The molecule has 0 aromatic carbocycles. The summed E-state index contributed by atoms with van der Waals surface area (Å²) >= 11 is 1.67. The molecule has 0 saturated carbocycles. The van der Waals surface area contributed by atoms with Gasteiger partial charge in [0, 0.05) is 19.3 Å². The van der Waals surface area contributed by atoms with Gasteiger partial charge >= 0.3 is 0 Å². The molecule has 0 spiro atoms. The van der Waals surface area contributed by atoms with E-state index < -0.39 is 0 Å². The van der Waals surface area contributed by atoms with Crippen LogP contribution in [0.25, 0.3) is 10.7 Å². The Labute approximate surface area is 105 Å². The van der Waals surface area contributed by atoms with Crippen LogP contribution in [0.5, 0.6) is 0 Å². The summed E-state index contributed by atoms with van der Waals surface area (Å²) in [7, 11) is 0. The van der Waals surface area contributed by atoms with Gasteiger partial charge < -0.3 is 5.32 Å². The number of hydrogen-bond donors (Lipinski definition) is 1. The Balaban J connectivity index is 2.07. The van der Waals surface area contributed by atoms with Crippen LogP contribution in [0, 0.1) is 0 Å². The number of aromatic nitrogens is 4. The summed E-state index contributed by atoms with van der Waals surface area (Å²) < 4.78 is 1.89. The Morgan fingerprint density at radius 3 is 3.00 bits per heavy atom. The number of hydrogen-bond acceptors (Lipinski definition) is 5. The van der Waals surface area contributed by atoms with Crippen molar-refractivity contribution >= 4 is 11.3 Å². The first-order chi connectivity index (χ1) is 8.35. The van der Waals surface area contributed by atoms with Crippen LogP contribution in [0.3, 0.4) is 0 Å². The Bertz CT molecular complexity index is 462. The molecule has 2 aromatic heterocycles. The van der Waals surface area contributed by atoms with E-state index in [0.717, 1.165) is 41.8 Å². The molecule has 6 heteroatoms. The summed E-state index contributed by atoms with van der Waals surface area (Å²) in [6.07, 6.45) is 4.61. The summed E-state index contributed by atoms with van der Waals surface area (Å²) in [6.45, 7) is 6.91. The normalized spacial score (nSPS) is 10.9. The first kappa shape index (κ1) is 12.2. The van der Waals surface area contributed by atoms with Gasteiger partial charge in [0.1, 0.15) is 11.3 Å². The van der Waals surface area contributed by atoms with Crippen LogP contribution in [0.4, 0.5) is 0 Å². The molecule has 92 valence electrons. The molecule has 0 atom stereocenters. The fourth-order valence-corrected chi connectivity index (χ4v) is 2.44. The highest BCUT2D eigenvalue weighted by Crippen LogP contribution is 2.23. The first-order valence-electron chi connectivity index (χ1n) is 5.88. The van der Waals surface area contributed by atoms with Crippen molar-refractivity contribution in [2.24, 2.45) is 0 Å². The van der Waals surface area contributed by atoms with E-state index in [-0.39, 0.29) is 0 Å². The topological polar surface area (TPSA) is 55.6 Å². The van der Waals surface area contributed by atoms with E-state index in [1.54, 1.807) is 17.7 Å². The average molecular weight is 251 g/mol. The van der Waals surface area contributed by atoms with Crippen molar-refractivity contribution in [3.8, 4) is 10.7 Å². The Morgan fingerprint density at radius 1 is 1.35 bits per heavy atom. The van der Waals surface area contributed by atoms with Gasteiger partial charge in [-0.25, -0.2) is 14.6 Å². The molecular formula is C11H17N5S. The van der Waals surface area contributed by atoms with E-state index in [1.165, 1.54) is 0 Å². The zero-order valence-electron chi connectivity index (χ0n) is 10.2. The molecule has 17 heavy (non-hydrogen) atoms. The molecule has 0 aliphatic rings. The van der Waals surface area contributed by atoms with Gasteiger partial charge in [-0.1, -0.05) is 6.92 Å². The molecule has 0 aliphatic carbocycles. The second-order valence-corrected chi connectivity index (χ2v) is 4.81. The Morgan fingerprint density at radius 2 is 2.24 bits per heavy atom. The number of thiazole rings is 1. The van der Waals surface area contributed by atoms with Crippen molar-refractivity contribution in [3.05, 3.63) is 17.5 Å². The molecule has 0 bridgehead atoms. The SMILES string of the molecule is CCCNCc1ncc(-c2ncnn2CC)s1. The van der Waals surface area contributed by atoms with Crippen molar-refractivity contribution in [2.75, 3.05) is 6.54 Å². The number of rotatable bonds is 6. The lowest BCUT2D eigenvalue weighted by Crippen LogP contribution is -2.13. The molecule has 0 radical (unpaired) electrons. The largest absolute Gasteiger partial charge is 0.310 e. The predicted molar refractivity (Wildman–Crippen MR) is 68.8 cm³/mol. The number of aryl methyl sites for hydroxylation is 1. The smallest absolute Gasteiger partial charge is 0.169 e. The van der Waals surface area contributed by atoms with E-state index in [1.807, 2.05) is 10.9 Å². The lowest BCUT2D eigenvalue weighted by molar-refractivity contribution is 0.666.